The molecule has 0 bridgehead atoms. The maximum absolute atomic E-state index is 11.0. The molecule has 0 fully saturated rings. The summed E-state index contributed by atoms with van der Waals surface area (Å²) >= 11 is 1.40. The number of rotatable bonds is 5. The van der Waals surface area contributed by atoms with Gasteiger partial charge in [-0.2, -0.15) is 0 Å². The number of aromatic nitrogens is 1. The van der Waals surface area contributed by atoms with Crippen molar-refractivity contribution in [2.45, 2.75) is 6.42 Å². The molecule has 0 radical (unpaired) electrons. The lowest BCUT2D eigenvalue weighted by Crippen LogP contribution is -2.07. The number of hydrogen-bond donors (Lipinski definition) is 1. The first kappa shape index (κ1) is 14.3. The van der Waals surface area contributed by atoms with Gasteiger partial charge in [-0.3, -0.25) is 4.79 Å². The largest absolute Gasteiger partial charge is 0.497 e. The summed E-state index contributed by atoms with van der Waals surface area (Å²) in [4.78, 5) is 18.1. The highest BCUT2D eigenvalue weighted by Crippen LogP contribution is 2.33. The number of ether oxygens (including phenoxy) is 1. The SMILES string of the molecule is COc1ccc(-c2nc(N(C)C)sc2CC(=O)O)cc1. The molecule has 1 heterocycles. The number of hydrogen-bond acceptors (Lipinski definition) is 5. The minimum Gasteiger partial charge on any atom is -0.497 e. The molecule has 0 aliphatic carbocycles. The van der Waals surface area contributed by atoms with E-state index in [0.29, 0.717) is 0 Å². The van der Waals surface area contributed by atoms with Crippen LogP contribution in [0.2, 0.25) is 0 Å². The zero-order valence-electron chi connectivity index (χ0n) is 11.6. The zero-order chi connectivity index (χ0) is 14.7. The van der Waals surface area contributed by atoms with E-state index in [1.165, 1.54) is 11.3 Å². The Morgan fingerprint density at radius 2 is 2.00 bits per heavy atom. The second kappa shape index (κ2) is 5.92. The summed E-state index contributed by atoms with van der Waals surface area (Å²) in [6, 6.07) is 7.46. The second-order valence-corrected chi connectivity index (χ2v) is 5.52. The second-order valence-electron chi connectivity index (χ2n) is 4.46. The molecule has 1 aromatic carbocycles. The number of carboxylic acid groups (broad SMARTS) is 1. The number of benzene rings is 1. The maximum atomic E-state index is 11.0. The highest BCUT2D eigenvalue weighted by molar-refractivity contribution is 7.16. The van der Waals surface area contributed by atoms with Crippen LogP contribution in [0.1, 0.15) is 4.88 Å². The standard InChI is InChI=1S/C14H16N2O3S/c1-16(2)14-15-13(11(20-14)8-12(17)18)9-4-6-10(19-3)7-5-9/h4-7H,8H2,1-3H3,(H,17,18). The Hall–Kier alpha value is -2.08. The number of methoxy groups -OCH3 is 1. The van der Waals surface area contributed by atoms with Gasteiger partial charge in [-0.1, -0.05) is 0 Å². The maximum Gasteiger partial charge on any atom is 0.308 e. The molecule has 0 unspecified atom stereocenters. The highest BCUT2D eigenvalue weighted by atomic mass is 32.1. The van der Waals surface area contributed by atoms with E-state index in [4.69, 9.17) is 9.84 Å². The van der Waals surface area contributed by atoms with Crippen molar-refractivity contribution in [1.29, 1.82) is 0 Å². The lowest BCUT2D eigenvalue weighted by molar-refractivity contribution is -0.136. The predicted octanol–water partition coefficient (Wildman–Crippen LogP) is 2.51. The summed E-state index contributed by atoms with van der Waals surface area (Å²) in [5.41, 5.74) is 1.62. The molecule has 0 aliphatic heterocycles. The van der Waals surface area contributed by atoms with Crippen molar-refractivity contribution in [1.82, 2.24) is 4.98 Å². The zero-order valence-corrected chi connectivity index (χ0v) is 12.4. The van der Waals surface area contributed by atoms with E-state index >= 15 is 0 Å². The molecule has 1 N–H and O–H groups in total. The molecule has 0 amide bonds. The summed E-state index contributed by atoms with van der Waals surface area (Å²) in [5, 5.41) is 9.81. The van der Waals surface area contributed by atoms with Crippen LogP contribution in [-0.4, -0.2) is 37.3 Å². The summed E-state index contributed by atoms with van der Waals surface area (Å²) in [6.45, 7) is 0. The third-order valence-electron chi connectivity index (χ3n) is 2.74. The van der Waals surface area contributed by atoms with Crippen molar-refractivity contribution >= 4 is 22.4 Å². The quantitative estimate of drug-likeness (QED) is 0.917. The van der Waals surface area contributed by atoms with Gasteiger partial charge in [-0.25, -0.2) is 4.98 Å². The Morgan fingerprint density at radius 3 is 2.50 bits per heavy atom. The van der Waals surface area contributed by atoms with E-state index in [2.05, 4.69) is 4.98 Å². The van der Waals surface area contributed by atoms with E-state index in [-0.39, 0.29) is 6.42 Å². The Balaban J connectivity index is 2.43. The molecule has 0 saturated heterocycles. The molecule has 2 rings (SSSR count). The molecular weight excluding hydrogens is 276 g/mol. The molecule has 1 aromatic heterocycles. The molecule has 0 saturated carbocycles. The van der Waals surface area contributed by atoms with Gasteiger partial charge in [-0.15, -0.1) is 11.3 Å². The fourth-order valence-corrected chi connectivity index (χ4v) is 2.76. The first-order chi connectivity index (χ1) is 9.51. The molecular formula is C14H16N2O3S. The summed E-state index contributed by atoms with van der Waals surface area (Å²) in [6.07, 6.45) is -0.0210. The van der Waals surface area contributed by atoms with E-state index in [9.17, 15) is 4.79 Å². The highest BCUT2D eigenvalue weighted by Gasteiger charge is 2.16. The summed E-state index contributed by atoms with van der Waals surface area (Å²) in [5.74, 6) is -0.0923. The Bertz CT molecular complexity index is 605. The van der Waals surface area contributed by atoms with Crippen LogP contribution in [0.4, 0.5) is 5.13 Å². The minimum absolute atomic E-state index is 0.0210. The number of carboxylic acids is 1. The van der Waals surface area contributed by atoms with Crippen molar-refractivity contribution in [2.75, 3.05) is 26.1 Å². The van der Waals surface area contributed by atoms with Crippen molar-refractivity contribution in [3.8, 4) is 17.0 Å². The van der Waals surface area contributed by atoms with Crippen molar-refractivity contribution in [2.24, 2.45) is 0 Å². The monoisotopic (exact) mass is 292 g/mol. The molecule has 0 spiro atoms. The van der Waals surface area contributed by atoms with E-state index in [1.54, 1.807) is 7.11 Å². The average molecular weight is 292 g/mol. The lowest BCUT2D eigenvalue weighted by atomic mass is 10.1. The molecule has 5 nitrogen and oxygen atoms in total. The van der Waals surface area contributed by atoms with Gasteiger partial charge in [-0.05, 0) is 24.3 Å². The number of aliphatic carboxylic acids is 1. The van der Waals surface area contributed by atoms with Gasteiger partial charge in [0.05, 0.1) is 19.2 Å². The Kier molecular flexibility index (Phi) is 4.24. The van der Waals surface area contributed by atoms with Crippen molar-refractivity contribution in [3.63, 3.8) is 0 Å². The first-order valence-electron chi connectivity index (χ1n) is 6.04. The van der Waals surface area contributed by atoms with Crippen LogP contribution in [0.15, 0.2) is 24.3 Å². The van der Waals surface area contributed by atoms with Gasteiger partial charge in [0, 0.05) is 24.5 Å². The van der Waals surface area contributed by atoms with Crippen molar-refractivity contribution in [3.05, 3.63) is 29.1 Å². The molecule has 20 heavy (non-hydrogen) atoms. The van der Waals surface area contributed by atoms with Crippen LogP contribution in [0.3, 0.4) is 0 Å². The van der Waals surface area contributed by atoms with Crippen LogP contribution in [-0.2, 0) is 11.2 Å². The average Bonchev–Trinajstić information content (AvgIpc) is 2.82. The van der Waals surface area contributed by atoms with Crippen molar-refractivity contribution < 1.29 is 14.6 Å². The fourth-order valence-electron chi connectivity index (χ4n) is 1.76. The number of thiazole rings is 1. The molecule has 0 aliphatic rings. The number of anilines is 1. The molecule has 2 aromatic rings. The van der Waals surface area contributed by atoms with Crippen LogP contribution in [0, 0.1) is 0 Å². The van der Waals surface area contributed by atoms with Crippen LogP contribution in [0.25, 0.3) is 11.3 Å². The number of nitrogens with zero attached hydrogens (tertiary/aromatic N) is 2. The van der Waals surface area contributed by atoms with Gasteiger partial charge in [0.2, 0.25) is 0 Å². The molecule has 106 valence electrons. The lowest BCUT2D eigenvalue weighted by Gasteiger charge is -2.05. The third kappa shape index (κ3) is 3.08. The van der Waals surface area contributed by atoms with Gasteiger partial charge in [0.1, 0.15) is 5.75 Å². The van der Waals surface area contributed by atoms with Gasteiger partial charge >= 0.3 is 5.97 Å². The summed E-state index contributed by atoms with van der Waals surface area (Å²) < 4.78 is 5.12. The Labute approximate surface area is 121 Å². The molecule has 0 atom stereocenters. The fraction of sp³-hybridized carbons (Fsp3) is 0.286. The third-order valence-corrected chi connectivity index (χ3v) is 3.97. The van der Waals surface area contributed by atoms with E-state index in [1.807, 2.05) is 43.3 Å². The summed E-state index contributed by atoms with van der Waals surface area (Å²) in [7, 11) is 5.39. The van der Waals surface area contributed by atoms with Crippen LogP contribution < -0.4 is 9.64 Å². The normalized spacial score (nSPS) is 10.3. The van der Waals surface area contributed by atoms with E-state index < -0.39 is 5.97 Å². The van der Waals surface area contributed by atoms with Gasteiger partial charge in [0.25, 0.3) is 0 Å². The van der Waals surface area contributed by atoms with Crippen LogP contribution in [0.5, 0.6) is 5.75 Å². The topological polar surface area (TPSA) is 62.7 Å². The first-order valence-corrected chi connectivity index (χ1v) is 6.86. The van der Waals surface area contributed by atoms with Gasteiger partial charge < -0.3 is 14.7 Å². The van der Waals surface area contributed by atoms with Gasteiger partial charge in [0.15, 0.2) is 5.13 Å². The number of carbonyl (C=O) groups is 1. The minimum atomic E-state index is -0.853. The smallest absolute Gasteiger partial charge is 0.308 e. The predicted molar refractivity (Wildman–Crippen MR) is 79.8 cm³/mol. The Morgan fingerprint density at radius 1 is 1.35 bits per heavy atom. The van der Waals surface area contributed by atoms with E-state index in [0.717, 1.165) is 27.0 Å². The molecule has 6 heteroatoms. The van der Waals surface area contributed by atoms with Crippen LogP contribution >= 0.6 is 11.3 Å².